The van der Waals surface area contributed by atoms with Crippen molar-refractivity contribution in [1.29, 1.82) is 0 Å². The molecule has 1 unspecified atom stereocenters. The van der Waals surface area contributed by atoms with Crippen molar-refractivity contribution in [3.05, 3.63) is 11.7 Å². The molecule has 1 atom stereocenters. The van der Waals surface area contributed by atoms with Crippen molar-refractivity contribution in [2.45, 2.75) is 32.2 Å². The topological polar surface area (TPSA) is 64.9 Å². The highest BCUT2D eigenvalue weighted by Crippen LogP contribution is 2.15. The number of hydrogen-bond donors (Lipinski definition) is 1. The highest BCUT2D eigenvalue weighted by molar-refractivity contribution is 4.99. The van der Waals surface area contributed by atoms with Gasteiger partial charge in [0.25, 0.3) is 0 Å². The summed E-state index contributed by atoms with van der Waals surface area (Å²) >= 11 is 0. The maximum absolute atomic E-state index is 5.68. The van der Waals surface area contributed by atoms with E-state index in [2.05, 4.69) is 16.1 Å². The molecule has 0 aliphatic rings. The quantitative estimate of drug-likeness (QED) is 0.708. The van der Waals surface area contributed by atoms with Crippen molar-refractivity contribution in [3.63, 3.8) is 0 Å². The number of nitrogens with zero attached hydrogens (tertiary/aromatic N) is 2. The molecule has 1 heterocycles. The zero-order valence-electron chi connectivity index (χ0n) is 7.82. The van der Waals surface area contributed by atoms with E-state index in [1.807, 2.05) is 13.8 Å². The van der Waals surface area contributed by atoms with Crippen molar-refractivity contribution < 1.29 is 4.52 Å². The Labute approximate surface area is 77.5 Å². The molecule has 1 rings (SSSR count). The Kier molecular flexibility index (Phi) is 3.04. The summed E-state index contributed by atoms with van der Waals surface area (Å²) in [6.07, 6.45) is 5.53. The van der Waals surface area contributed by atoms with Gasteiger partial charge in [-0.15, -0.1) is 12.3 Å². The SMILES string of the molecule is C#CCC(N)c1nc(C(C)C)no1. The number of aromatic nitrogens is 2. The van der Waals surface area contributed by atoms with E-state index in [1.165, 1.54) is 0 Å². The molecule has 2 N–H and O–H groups in total. The van der Waals surface area contributed by atoms with Gasteiger partial charge in [0.2, 0.25) is 5.89 Å². The van der Waals surface area contributed by atoms with Crippen molar-refractivity contribution in [3.8, 4) is 12.3 Å². The molecule has 1 aromatic rings. The highest BCUT2D eigenvalue weighted by Gasteiger charge is 2.14. The lowest BCUT2D eigenvalue weighted by molar-refractivity contribution is 0.351. The van der Waals surface area contributed by atoms with Crippen LogP contribution in [-0.4, -0.2) is 10.1 Å². The van der Waals surface area contributed by atoms with E-state index in [-0.39, 0.29) is 12.0 Å². The highest BCUT2D eigenvalue weighted by atomic mass is 16.5. The van der Waals surface area contributed by atoms with E-state index in [1.54, 1.807) is 0 Å². The van der Waals surface area contributed by atoms with Crippen LogP contribution >= 0.6 is 0 Å². The average Bonchev–Trinajstić information content (AvgIpc) is 2.52. The Bertz CT molecular complexity index is 311. The molecule has 0 bridgehead atoms. The van der Waals surface area contributed by atoms with Crippen LogP contribution in [0.2, 0.25) is 0 Å². The molecule has 4 heteroatoms. The minimum absolute atomic E-state index is 0.246. The van der Waals surface area contributed by atoms with Crippen LogP contribution in [0.4, 0.5) is 0 Å². The average molecular weight is 179 g/mol. The van der Waals surface area contributed by atoms with Crippen LogP contribution in [0.1, 0.15) is 43.9 Å². The van der Waals surface area contributed by atoms with Crippen LogP contribution in [0.3, 0.4) is 0 Å². The summed E-state index contributed by atoms with van der Waals surface area (Å²) in [5.74, 6) is 3.78. The first-order valence-corrected chi connectivity index (χ1v) is 4.17. The van der Waals surface area contributed by atoms with Gasteiger partial charge in [0, 0.05) is 12.3 Å². The van der Waals surface area contributed by atoms with Crippen LogP contribution < -0.4 is 5.73 Å². The number of hydrogen-bond acceptors (Lipinski definition) is 4. The molecule has 13 heavy (non-hydrogen) atoms. The van der Waals surface area contributed by atoms with Gasteiger partial charge in [-0.25, -0.2) is 0 Å². The molecular formula is C9H13N3O. The van der Waals surface area contributed by atoms with Gasteiger partial charge >= 0.3 is 0 Å². The summed E-state index contributed by atoms with van der Waals surface area (Å²) in [6, 6.07) is -0.343. The molecule has 0 spiro atoms. The zero-order chi connectivity index (χ0) is 9.84. The third-order valence-corrected chi connectivity index (χ3v) is 1.63. The number of nitrogens with two attached hydrogens (primary N) is 1. The molecule has 4 nitrogen and oxygen atoms in total. The van der Waals surface area contributed by atoms with Crippen molar-refractivity contribution in [2.75, 3.05) is 0 Å². The van der Waals surface area contributed by atoms with E-state index >= 15 is 0 Å². The molecule has 0 aliphatic heterocycles. The second kappa shape index (κ2) is 4.06. The lowest BCUT2D eigenvalue weighted by Crippen LogP contribution is -2.09. The lowest BCUT2D eigenvalue weighted by Gasteiger charge is -1.99. The first kappa shape index (κ1) is 9.75. The van der Waals surface area contributed by atoms with Gasteiger partial charge in [0.1, 0.15) is 0 Å². The summed E-state index contributed by atoms with van der Waals surface area (Å²) in [6.45, 7) is 3.97. The second-order valence-electron chi connectivity index (χ2n) is 3.16. The van der Waals surface area contributed by atoms with Crippen LogP contribution in [0.5, 0.6) is 0 Å². The zero-order valence-corrected chi connectivity index (χ0v) is 7.82. The van der Waals surface area contributed by atoms with Crippen LogP contribution in [0, 0.1) is 12.3 Å². The molecule has 0 radical (unpaired) electrons. The van der Waals surface area contributed by atoms with E-state index in [9.17, 15) is 0 Å². The van der Waals surface area contributed by atoms with Crippen molar-refractivity contribution >= 4 is 0 Å². The molecule has 0 aromatic carbocycles. The Balaban J connectivity index is 2.74. The fourth-order valence-corrected chi connectivity index (χ4v) is 0.847. The van der Waals surface area contributed by atoms with Crippen molar-refractivity contribution in [2.24, 2.45) is 5.73 Å². The minimum Gasteiger partial charge on any atom is -0.338 e. The fourth-order valence-electron chi connectivity index (χ4n) is 0.847. The van der Waals surface area contributed by atoms with E-state index in [4.69, 9.17) is 16.7 Å². The van der Waals surface area contributed by atoms with E-state index in [0.29, 0.717) is 18.1 Å². The Hall–Kier alpha value is -1.34. The molecule has 0 saturated heterocycles. The lowest BCUT2D eigenvalue weighted by atomic mass is 10.2. The number of rotatable bonds is 3. The first-order chi connectivity index (χ1) is 6.15. The summed E-state index contributed by atoms with van der Waals surface area (Å²) in [5.41, 5.74) is 5.68. The monoisotopic (exact) mass is 179 g/mol. The van der Waals surface area contributed by atoms with Gasteiger partial charge in [0.15, 0.2) is 5.82 Å². The van der Waals surface area contributed by atoms with Crippen LogP contribution in [-0.2, 0) is 0 Å². The summed E-state index contributed by atoms with van der Waals surface area (Å²) in [5, 5.41) is 3.78. The number of terminal acetylenes is 1. The van der Waals surface area contributed by atoms with E-state index < -0.39 is 0 Å². The molecule has 0 saturated carbocycles. The predicted molar refractivity (Wildman–Crippen MR) is 48.8 cm³/mol. The minimum atomic E-state index is -0.343. The molecule has 70 valence electrons. The van der Waals surface area contributed by atoms with Gasteiger partial charge in [-0.3, -0.25) is 0 Å². The molecule has 0 aliphatic carbocycles. The molecule has 1 aromatic heterocycles. The maximum atomic E-state index is 5.68. The van der Waals surface area contributed by atoms with Crippen LogP contribution in [0.15, 0.2) is 4.52 Å². The second-order valence-corrected chi connectivity index (χ2v) is 3.16. The molecule has 0 fully saturated rings. The first-order valence-electron chi connectivity index (χ1n) is 4.17. The molecular weight excluding hydrogens is 166 g/mol. The Morgan fingerprint density at radius 1 is 1.62 bits per heavy atom. The molecule has 0 amide bonds. The maximum Gasteiger partial charge on any atom is 0.244 e. The fraction of sp³-hybridized carbons (Fsp3) is 0.556. The van der Waals surface area contributed by atoms with Gasteiger partial charge in [-0.05, 0) is 0 Å². The summed E-state index contributed by atoms with van der Waals surface area (Å²) < 4.78 is 4.96. The van der Waals surface area contributed by atoms with Gasteiger partial charge in [-0.1, -0.05) is 19.0 Å². The predicted octanol–water partition coefficient (Wildman–Crippen LogP) is 1.22. The van der Waals surface area contributed by atoms with Gasteiger partial charge in [-0.2, -0.15) is 4.98 Å². The van der Waals surface area contributed by atoms with E-state index in [0.717, 1.165) is 0 Å². The smallest absolute Gasteiger partial charge is 0.244 e. The standard InChI is InChI=1S/C9H13N3O/c1-4-5-7(10)9-11-8(6(2)3)12-13-9/h1,6-7H,5,10H2,2-3H3. The van der Waals surface area contributed by atoms with Gasteiger partial charge < -0.3 is 10.3 Å². The third kappa shape index (κ3) is 2.30. The van der Waals surface area contributed by atoms with Gasteiger partial charge in [0.05, 0.1) is 6.04 Å². The third-order valence-electron chi connectivity index (χ3n) is 1.63. The van der Waals surface area contributed by atoms with Crippen molar-refractivity contribution in [1.82, 2.24) is 10.1 Å². The largest absolute Gasteiger partial charge is 0.338 e. The summed E-state index contributed by atoms with van der Waals surface area (Å²) in [4.78, 5) is 4.13. The normalized spacial score (nSPS) is 12.8. The van der Waals surface area contributed by atoms with Crippen LogP contribution in [0.25, 0.3) is 0 Å². The Morgan fingerprint density at radius 3 is 2.77 bits per heavy atom. The summed E-state index contributed by atoms with van der Waals surface area (Å²) in [7, 11) is 0. The Morgan fingerprint density at radius 2 is 2.31 bits per heavy atom.